The number of alkyl halides is 1. The molecule has 2 atom stereocenters. The molecular weight excluding hydrogens is 357 g/mol. The van der Waals surface area contributed by atoms with Gasteiger partial charge >= 0.3 is 5.97 Å². The van der Waals surface area contributed by atoms with Crippen molar-refractivity contribution in [2.24, 2.45) is 5.92 Å². The predicted molar refractivity (Wildman–Crippen MR) is 105 cm³/mol. The largest absolute Gasteiger partial charge is 0.458 e. The van der Waals surface area contributed by atoms with Gasteiger partial charge in [0.15, 0.2) is 0 Å². The number of carbonyl (C=O) groups is 1. The van der Waals surface area contributed by atoms with Crippen molar-refractivity contribution in [1.82, 2.24) is 4.90 Å². The highest BCUT2D eigenvalue weighted by Crippen LogP contribution is 2.35. The van der Waals surface area contributed by atoms with E-state index < -0.39 is 18.2 Å². The number of rotatable bonds is 6. The molecule has 148 valence electrons. The standard InChI is InChI=1S/C23H26FNO3/c24-13-10-17-6-8-20(9-7-17)23(27,19-4-2-1-3-5-19)22(26)28-21-16-25-14-11-18(21)12-15-25/h1-9,18,21,27H,10-16H2/t21?,23-/m1/s1. The molecule has 0 spiro atoms. The Morgan fingerprint density at radius 3 is 2.29 bits per heavy atom. The molecule has 0 aromatic heterocycles. The minimum Gasteiger partial charge on any atom is -0.458 e. The van der Waals surface area contributed by atoms with Crippen molar-refractivity contribution in [3.05, 3.63) is 71.3 Å². The minimum atomic E-state index is -1.89. The Morgan fingerprint density at radius 1 is 1.07 bits per heavy atom. The molecule has 3 saturated heterocycles. The van der Waals surface area contributed by atoms with Gasteiger partial charge in [0.25, 0.3) is 0 Å². The van der Waals surface area contributed by atoms with Crippen molar-refractivity contribution in [2.45, 2.75) is 31.0 Å². The second kappa shape index (κ2) is 8.02. The summed E-state index contributed by atoms with van der Waals surface area (Å²) < 4.78 is 18.5. The van der Waals surface area contributed by atoms with Crippen LogP contribution < -0.4 is 0 Å². The number of nitrogens with zero attached hydrogens (tertiary/aromatic N) is 1. The van der Waals surface area contributed by atoms with E-state index in [2.05, 4.69) is 4.90 Å². The Morgan fingerprint density at radius 2 is 1.71 bits per heavy atom. The molecule has 0 radical (unpaired) electrons. The van der Waals surface area contributed by atoms with Crippen LogP contribution in [0.1, 0.15) is 29.5 Å². The first-order valence-electron chi connectivity index (χ1n) is 9.98. The highest BCUT2D eigenvalue weighted by atomic mass is 19.1. The quantitative estimate of drug-likeness (QED) is 0.779. The lowest BCUT2D eigenvalue weighted by Crippen LogP contribution is -2.53. The van der Waals surface area contributed by atoms with Crippen LogP contribution in [0.4, 0.5) is 4.39 Å². The van der Waals surface area contributed by atoms with Gasteiger partial charge in [-0.25, -0.2) is 4.79 Å². The second-order valence-electron chi connectivity index (χ2n) is 7.79. The maximum Gasteiger partial charge on any atom is 0.348 e. The first-order valence-corrected chi connectivity index (χ1v) is 9.98. The fourth-order valence-corrected chi connectivity index (χ4v) is 4.37. The number of hydrogen-bond donors (Lipinski definition) is 1. The number of hydrogen-bond acceptors (Lipinski definition) is 4. The number of carbonyl (C=O) groups excluding carboxylic acids is 1. The number of fused-ring (bicyclic) bond motifs is 3. The van der Waals surface area contributed by atoms with Gasteiger partial charge in [-0.2, -0.15) is 0 Å². The van der Waals surface area contributed by atoms with Gasteiger partial charge in [0.05, 0.1) is 6.67 Å². The molecular formula is C23H26FNO3. The van der Waals surface area contributed by atoms with Crippen LogP contribution in [0.15, 0.2) is 54.6 Å². The Kier molecular flexibility index (Phi) is 5.47. The predicted octanol–water partition coefficient (Wildman–Crippen LogP) is 3.07. The number of halogens is 1. The molecule has 0 aliphatic carbocycles. The summed E-state index contributed by atoms with van der Waals surface area (Å²) in [6.45, 7) is 2.40. The number of esters is 1. The van der Waals surface area contributed by atoms with Gasteiger partial charge in [0.2, 0.25) is 5.60 Å². The van der Waals surface area contributed by atoms with E-state index in [-0.39, 0.29) is 6.10 Å². The maximum absolute atomic E-state index is 13.3. The Labute approximate surface area is 164 Å². The van der Waals surface area contributed by atoms with E-state index in [0.29, 0.717) is 23.5 Å². The number of ether oxygens (including phenoxy) is 1. The summed E-state index contributed by atoms with van der Waals surface area (Å²) in [7, 11) is 0. The van der Waals surface area contributed by atoms with Gasteiger partial charge in [-0.15, -0.1) is 0 Å². The van der Waals surface area contributed by atoms with Crippen LogP contribution in [-0.2, 0) is 21.6 Å². The van der Waals surface area contributed by atoms with Crippen molar-refractivity contribution < 1.29 is 19.0 Å². The molecule has 2 bridgehead atoms. The summed E-state index contributed by atoms with van der Waals surface area (Å²) in [6.07, 6.45) is 2.18. The zero-order valence-corrected chi connectivity index (χ0v) is 15.9. The SMILES string of the molecule is O=C(OC1CN2CCC1CC2)[C@@](O)(c1ccccc1)c1ccc(CCF)cc1. The summed E-state index contributed by atoms with van der Waals surface area (Å²) >= 11 is 0. The average Bonchev–Trinajstić information content (AvgIpc) is 2.75. The molecule has 3 heterocycles. The van der Waals surface area contributed by atoms with Crippen LogP contribution in [0.3, 0.4) is 0 Å². The van der Waals surface area contributed by atoms with Crippen LogP contribution in [0.5, 0.6) is 0 Å². The fourth-order valence-electron chi connectivity index (χ4n) is 4.37. The molecule has 5 rings (SSSR count). The van der Waals surface area contributed by atoms with Gasteiger partial charge in [0, 0.05) is 13.0 Å². The van der Waals surface area contributed by atoms with Gasteiger partial charge in [0.1, 0.15) is 6.10 Å². The number of aryl methyl sites for hydroxylation is 1. The molecule has 1 unspecified atom stereocenters. The first kappa shape index (κ1) is 19.1. The second-order valence-corrected chi connectivity index (χ2v) is 7.79. The molecule has 0 saturated carbocycles. The van der Waals surface area contributed by atoms with Crippen molar-refractivity contribution in [1.29, 1.82) is 0 Å². The Bertz CT molecular complexity index is 802. The zero-order chi connectivity index (χ0) is 19.6. The highest BCUT2D eigenvalue weighted by molar-refractivity contribution is 5.85. The van der Waals surface area contributed by atoms with Crippen LogP contribution in [-0.4, -0.2) is 48.4 Å². The van der Waals surface area contributed by atoms with E-state index in [9.17, 15) is 14.3 Å². The maximum atomic E-state index is 13.3. The third-order valence-electron chi connectivity index (χ3n) is 6.10. The third kappa shape index (κ3) is 3.56. The Hall–Kier alpha value is -2.24. The van der Waals surface area contributed by atoms with Crippen LogP contribution in [0.2, 0.25) is 0 Å². The summed E-state index contributed by atoms with van der Waals surface area (Å²) in [6, 6.07) is 15.8. The normalized spacial score (nSPS) is 25.9. The van der Waals surface area contributed by atoms with Gasteiger partial charge in [-0.3, -0.25) is 9.29 Å². The van der Waals surface area contributed by atoms with E-state index >= 15 is 0 Å². The number of aliphatic hydroxyl groups is 1. The highest BCUT2D eigenvalue weighted by Gasteiger charge is 2.45. The molecule has 3 fully saturated rings. The van der Waals surface area contributed by atoms with Gasteiger partial charge < -0.3 is 9.84 Å². The van der Waals surface area contributed by atoms with Crippen LogP contribution >= 0.6 is 0 Å². The third-order valence-corrected chi connectivity index (χ3v) is 6.10. The molecule has 1 N–H and O–H groups in total. The first-order chi connectivity index (χ1) is 13.6. The number of benzene rings is 2. The molecule has 4 nitrogen and oxygen atoms in total. The fraction of sp³-hybridized carbons (Fsp3) is 0.435. The molecule has 28 heavy (non-hydrogen) atoms. The summed E-state index contributed by atoms with van der Waals surface area (Å²) in [5.41, 5.74) is -0.152. The van der Waals surface area contributed by atoms with Crippen molar-refractivity contribution in [2.75, 3.05) is 26.3 Å². The topological polar surface area (TPSA) is 49.8 Å². The van der Waals surface area contributed by atoms with E-state index in [4.69, 9.17) is 4.74 Å². The molecule has 5 heteroatoms. The lowest BCUT2D eigenvalue weighted by molar-refractivity contribution is -0.177. The van der Waals surface area contributed by atoms with Crippen molar-refractivity contribution in [3.8, 4) is 0 Å². The summed E-state index contributed by atoms with van der Waals surface area (Å²) in [5, 5.41) is 11.6. The van der Waals surface area contributed by atoms with E-state index in [1.807, 2.05) is 6.07 Å². The number of piperidine rings is 3. The van der Waals surface area contributed by atoms with Gasteiger partial charge in [-0.1, -0.05) is 54.6 Å². The van der Waals surface area contributed by atoms with E-state index in [0.717, 1.165) is 38.0 Å². The lowest BCUT2D eigenvalue weighted by Gasteiger charge is -2.44. The molecule has 3 aliphatic rings. The lowest BCUT2D eigenvalue weighted by atomic mass is 9.84. The van der Waals surface area contributed by atoms with Crippen molar-refractivity contribution >= 4 is 5.97 Å². The van der Waals surface area contributed by atoms with E-state index in [1.165, 1.54) is 0 Å². The monoisotopic (exact) mass is 383 g/mol. The smallest absolute Gasteiger partial charge is 0.348 e. The van der Waals surface area contributed by atoms with Crippen molar-refractivity contribution in [3.63, 3.8) is 0 Å². The molecule has 0 amide bonds. The average molecular weight is 383 g/mol. The van der Waals surface area contributed by atoms with Crippen LogP contribution in [0.25, 0.3) is 0 Å². The molecule has 2 aromatic carbocycles. The molecule has 3 aliphatic heterocycles. The van der Waals surface area contributed by atoms with Crippen LogP contribution in [0, 0.1) is 5.92 Å². The Balaban J connectivity index is 1.64. The summed E-state index contributed by atoms with van der Waals surface area (Å²) in [5.74, 6) is -0.281. The molecule has 2 aromatic rings. The summed E-state index contributed by atoms with van der Waals surface area (Å²) in [4.78, 5) is 15.6. The van der Waals surface area contributed by atoms with Gasteiger partial charge in [-0.05, 0) is 48.5 Å². The van der Waals surface area contributed by atoms with E-state index in [1.54, 1.807) is 48.5 Å². The zero-order valence-electron chi connectivity index (χ0n) is 15.9. The minimum absolute atomic E-state index is 0.184.